The van der Waals surface area contributed by atoms with E-state index in [1.165, 1.54) is 0 Å². The van der Waals surface area contributed by atoms with Crippen LogP contribution in [0.4, 0.5) is 0 Å². The molecule has 0 spiro atoms. The van der Waals surface area contributed by atoms with Gasteiger partial charge in [0.15, 0.2) is 0 Å². The number of hydrogen-bond donors (Lipinski definition) is 2. The Kier molecular flexibility index (Phi) is 3.30. The number of hydrogen-bond acceptors (Lipinski definition) is 2. The number of rotatable bonds is 3. The molecule has 96 valence electrons. The van der Waals surface area contributed by atoms with E-state index in [-0.39, 0.29) is 12.3 Å². The number of benzene rings is 1. The molecule has 1 saturated heterocycles. The van der Waals surface area contributed by atoms with Gasteiger partial charge in [-0.15, -0.1) is 0 Å². The molecule has 1 heterocycles. The fourth-order valence-electron chi connectivity index (χ4n) is 2.62. The molecule has 2 N–H and O–H groups in total. The maximum atomic E-state index is 11.6. The minimum Gasteiger partial charge on any atom is -0.480 e. The van der Waals surface area contributed by atoms with Crippen molar-refractivity contribution < 1.29 is 14.7 Å². The lowest BCUT2D eigenvalue weighted by Gasteiger charge is -2.31. The van der Waals surface area contributed by atoms with Gasteiger partial charge in [-0.05, 0) is 24.1 Å². The van der Waals surface area contributed by atoms with E-state index in [1.54, 1.807) is 24.3 Å². The van der Waals surface area contributed by atoms with E-state index >= 15 is 0 Å². The van der Waals surface area contributed by atoms with Crippen molar-refractivity contribution in [2.75, 3.05) is 0 Å². The first-order valence-electron chi connectivity index (χ1n) is 5.78. The van der Waals surface area contributed by atoms with E-state index in [0.717, 1.165) is 5.56 Å². The zero-order valence-electron chi connectivity index (χ0n) is 9.94. The number of carboxylic acids is 1. The van der Waals surface area contributed by atoms with E-state index in [9.17, 15) is 14.7 Å². The summed E-state index contributed by atoms with van der Waals surface area (Å²) in [7, 11) is 0. The van der Waals surface area contributed by atoms with Crippen LogP contribution in [0.25, 0.3) is 0 Å². The Morgan fingerprint density at radius 2 is 2.11 bits per heavy atom. The third kappa shape index (κ3) is 1.97. The van der Waals surface area contributed by atoms with Crippen LogP contribution < -0.4 is 5.32 Å². The third-order valence-electron chi connectivity index (χ3n) is 3.63. The number of amides is 1. The van der Waals surface area contributed by atoms with E-state index in [4.69, 9.17) is 11.6 Å². The second-order valence-corrected chi connectivity index (χ2v) is 4.97. The number of carboxylic acid groups (broad SMARTS) is 1. The molecule has 2 atom stereocenters. The number of carbonyl (C=O) groups excluding carboxylic acids is 1. The summed E-state index contributed by atoms with van der Waals surface area (Å²) in [6, 6.07) is 6.15. The van der Waals surface area contributed by atoms with Crippen molar-refractivity contribution >= 4 is 23.5 Å². The predicted octanol–water partition coefficient (Wildman–Crippen LogP) is 1.96. The molecule has 4 nitrogen and oxygen atoms in total. The Morgan fingerprint density at radius 1 is 1.50 bits per heavy atom. The average Bonchev–Trinajstić information content (AvgIpc) is 2.68. The quantitative estimate of drug-likeness (QED) is 0.880. The number of aliphatic carboxylic acids is 1. The number of carbonyl (C=O) groups is 2. The summed E-state index contributed by atoms with van der Waals surface area (Å²) in [6.45, 7) is 1.89. The minimum absolute atomic E-state index is 0.197. The van der Waals surface area contributed by atoms with Crippen molar-refractivity contribution in [2.45, 2.75) is 31.2 Å². The summed E-state index contributed by atoms with van der Waals surface area (Å²) >= 11 is 5.84. The number of halogens is 1. The van der Waals surface area contributed by atoms with Crippen LogP contribution in [0, 0.1) is 0 Å². The van der Waals surface area contributed by atoms with Crippen molar-refractivity contribution in [1.29, 1.82) is 0 Å². The molecule has 18 heavy (non-hydrogen) atoms. The van der Waals surface area contributed by atoms with Crippen LogP contribution in [-0.2, 0) is 15.0 Å². The standard InChI is InChI=1S/C13H14ClNO3/c1-2-13(8-3-5-9(14)6-4-8)7-10(16)15-11(13)12(17)18/h3-6,11H,2,7H2,1H3,(H,15,16)(H,17,18). The Balaban J connectivity index is 2.49. The van der Waals surface area contributed by atoms with Crippen molar-refractivity contribution in [3.8, 4) is 0 Å². The van der Waals surface area contributed by atoms with Gasteiger partial charge in [0.2, 0.25) is 5.91 Å². The maximum Gasteiger partial charge on any atom is 0.327 e. The Labute approximate surface area is 110 Å². The minimum atomic E-state index is -1.00. The Morgan fingerprint density at radius 3 is 2.61 bits per heavy atom. The largest absolute Gasteiger partial charge is 0.480 e. The zero-order chi connectivity index (χ0) is 13.3. The Hall–Kier alpha value is -1.55. The van der Waals surface area contributed by atoms with Crippen molar-refractivity contribution in [3.05, 3.63) is 34.9 Å². The van der Waals surface area contributed by atoms with Crippen LogP contribution in [-0.4, -0.2) is 23.0 Å². The fourth-order valence-corrected chi connectivity index (χ4v) is 2.75. The molecule has 0 bridgehead atoms. The van der Waals surface area contributed by atoms with Crippen molar-refractivity contribution in [3.63, 3.8) is 0 Å². The molecule has 1 fully saturated rings. The van der Waals surface area contributed by atoms with Gasteiger partial charge in [0.1, 0.15) is 6.04 Å². The SMILES string of the molecule is CCC1(c2ccc(Cl)cc2)CC(=O)NC1C(=O)O. The zero-order valence-corrected chi connectivity index (χ0v) is 10.7. The Bertz CT molecular complexity index is 486. The van der Waals surface area contributed by atoms with Gasteiger partial charge in [-0.2, -0.15) is 0 Å². The monoisotopic (exact) mass is 267 g/mol. The molecule has 1 aliphatic rings. The predicted molar refractivity (Wildman–Crippen MR) is 67.6 cm³/mol. The summed E-state index contributed by atoms with van der Waals surface area (Å²) < 4.78 is 0. The first kappa shape index (κ1) is 12.9. The van der Waals surface area contributed by atoms with Gasteiger partial charge >= 0.3 is 5.97 Å². The summed E-state index contributed by atoms with van der Waals surface area (Å²) in [5, 5.41) is 12.4. The molecular formula is C13H14ClNO3. The topological polar surface area (TPSA) is 66.4 Å². The second kappa shape index (κ2) is 4.61. The smallest absolute Gasteiger partial charge is 0.327 e. The molecule has 0 aliphatic carbocycles. The van der Waals surface area contributed by atoms with Crippen LogP contribution >= 0.6 is 11.6 Å². The van der Waals surface area contributed by atoms with Crippen LogP contribution in [0.1, 0.15) is 25.3 Å². The maximum absolute atomic E-state index is 11.6. The molecule has 0 radical (unpaired) electrons. The van der Waals surface area contributed by atoms with Crippen LogP contribution in [0.3, 0.4) is 0 Å². The molecule has 1 aromatic rings. The van der Waals surface area contributed by atoms with Crippen LogP contribution in [0.2, 0.25) is 5.02 Å². The molecule has 0 saturated carbocycles. The lowest BCUT2D eigenvalue weighted by atomic mass is 9.72. The molecule has 5 heteroatoms. The summed E-state index contributed by atoms with van der Waals surface area (Å²) in [5.41, 5.74) is 0.146. The van der Waals surface area contributed by atoms with Gasteiger partial charge in [0.25, 0.3) is 0 Å². The third-order valence-corrected chi connectivity index (χ3v) is 3.88. The highest BCUT2D eigenvalue weighted by atomic mass is 35.5. The van der Waals surface area contributed by atoms with Gasteiger partial charge in [-0.25, -0.2) is 4.79 Å². The highest BCUT2D eigenvalue weighted by molar-refractivity contribution is 6.30. The van der Waals surface area contributed by atoms with Gasteiger partial charge < -0.3 is 10.4 Å². The van der Waals surface area contributed by atoms with E-state index in [1.807, 2.05) is 6.92 Å². The lowest BCUT2D eigenvalue weighted by Crippen LogP contribution is -2.46. The van der Waals surface area contributed by atoms with Gasteiger partial charge in [0.05, 0.1) is 0 Å². The average molecular weight is 268 g/mol. The molecule has 1 aliphatic heterocycles. The summed E-state index contributed by atoms with van der Waals surface area (Å²) in [5.74, 6) is -1.23. The van der Waals surface area contributed by atoms with Crippen molar-refractivity contribution in [1.82, 2.24) is 5.32 Å². The number of nitrogens with one attached hydrogen (secondary N) is 1. The van der Waals surface area contributed by atoms with Gasteiger partial charge in [-0.1, -0.05) is 30.7 Å². The molecular weight excluding hydrogens is 254 g/mol. The summed E-state index contributed by atoms with van der Waals surface area (Å²) in [6.07, 6.45) is 0.770. The second-order valence-electron chi connectivity index (χ2n) is 4.53. The lowest BCUT2D eigenvalue weighted by molar-refractivity contribution is -0.141. The van der Waals surface area contributed by atoms with Gasteiger partial charge in [-0.3, -0.25) is 4.79 Å². The van der Waals surface area contributed by atoms with E-state index in [2.05, 4.69) is 5.32 Å². The normalized spacial score (nSPS) is 27.0. The first-order chi connectivity index (χ1) is 8.49. The first-order valence-corrected chi connectivity index (χ1v) is 6.15. The molecule has 1 aromatic carbocycles. The highest BCUT2D eigenvalue weighted by Crippen LogP contribution is 2.39. The van der Waals surface area contributed by atoms with Gasteiger partial charge in [0, 0.05) is 16.9 Å². The molecule has 0 aromatic heterocycles. The van der Waals surface area contributed by atoms with Crippen LogP contribution in [0.5, 0.6) is 0 Å². The van der Waals surface area contributed by atoms with E-state index < -0.39 is 17.4 Å². The molecule has 2 rings (SSSR count). The fraction of sp³-hybridized carbons (Fsp3) is 0.385. The van der Waals surface area contributed by atoms with Crippen LogP contribution in [0.15, 0.2) is 24.3 Å². The summed E-state index contributed by atoms with van der Waals surface area (Å²) in [4.78, 5) is 22.9. The van der Waals surface area contributed by atoms with Crippen molar-refractivity contribution in [2.24, 2.45) is 0 Å². The van der Waals surface area contributed by atoms with E-state index in [0.29, 0.717) is 11.4 Å². The molecule has 1 amide bonds. The molecule has 2 unspecified atom stereocenters. The highest BCUT2D eigenvalue weighted by Gasteiger charge is 2.50.